The van der Waals surface area contributed by atoms with E-state index >= 15 is 0 Å². The molecule has 0 radical (unpaired) electrons. The lowest BCUT2D eigenvalue weighted by Gasteiger charge is -2.05. The molecule has 2 aromatic carbocycles. The maximum absolute atomic E-state index is 13.1. The molecule has 0 atom stereocenters. The molecule has 26 heavy (non-hydrogen) atoms. The van der Waals surface area contributed by atoms with Gasteiger partial charge in [-0.05, 0) is 43.3 Å². The van der Waals surface area contributed by atoms with Gasteiger partial charge in [-0.15, -0.1) is 11.3 Å². The van der Waals surface area contributed by atoms with Crippen LogP contribution >= 0.6 is 11.3 Å². The van der Waals surface area contributed by atoms with Gasteiger partial charge in [-0.1, -0.05) is 18.2 Å². The Morgan fingerprint density at radius 1 is 1.08 bits per heavy atom. The predicted molar refractivity (Wildman–Crippen MR) is 102 cm³/mol. The summed E-state index contributed by atoms with van der Waals surface area (Å²) >= 11 is 1.38. The van der Waals surface area contributed by atoms with E-state index in [1.54, 1.807) is 24.4 Å². The third-order valence-corrected chi connectivity index (χ3v) is 4.90. The highest BCUT2D eigenvalue weighted by molar-refractivity contribution is 7.16. The Morgan fingerprint density at radius 3 is 2.65 bits per heavy atom. The Hall–Kier alpha value is -3.12. The molecule has 0 aliphatic rings. The SMILES string of the molecule is Cc1sc(NC(=O)c2cccc3cccnc23)nc1-c1ccc(F)cc1. The summed E-state index contributed by atoms with van der Waals surface area (Å²) in [6.45, 7) is 1.92. The van der Waals surface area contributed by atoms with Gasteiger partial charge in [-0.2, -0.15) is 0 Å². The number of carbonyl (C=O) groups excluding carboxylic acids is 1. The van der Waals surface area contributed by atoms with E-state index in [1.807, 2.05) is 31.2 Å². The van der Waals surface area contributed by atoms with E-state index in [0.29, 0.717) is 16.2 Å². The van der Waals surface area contributed by atoms with Crippen molar-refractivity contribution in [3.8, 4) is 11.3 Å². The number of para-hydroxylation sites is 1. The molecule has 0 aliphatic carbocycles. The summed E-state index contributed by atoms with van der Waals surface area (Å²) in [4.78, 5) is 22.5. The van der Waals surface area contributed by atoms with Crippen molar-refractivity contribution in [3.63, 3.8) is 0 Å². The van der Waals surface area contributed by atoms with Crippen molar-refractivity contribution < 1.29 is 9.18 Å². The van der Waals surface area contributed by atoms with Crippen molar-refractivity contribution in [2.45, 2.75) is 6.92 Å². The highest BCUT2D eigenvalue weighted by Crippen LogP contribution is 2.31. The van der Waals surface area contributed by atoms with Crippen LogP contribution < -0.4 is 5.32 Å². The first-order valence-electron chi connectivity index (χ1n) is 8.00. The zero-order valence-corrected chi connectivity index (χ0v) is 14.7. The first-order chi connectivity index (χ1) is 12.6. The van der Waals surface area contributed by atoms with Crippen molar-refractivity contribution in [1.29, 1.82) is 0 Å². The fourth-order valence-electron chi connectivity index (χ4n) is 2.78. The van der Waals surface area contributed by atoms with Crippen LogP contribution in [0.25, 0.3) is 22.2 Å². The summed E-state index contributed by atoms with van der Waals surface area (Å²) in [6, 6.07) is 15.4. The number of benzene rings is 2. The van der Waals surface area contributed by atoms with E-state index in [1.165, 1.54) is 23.5 Å². The van der Waals surface area contributed by atoms with Gasteiger partial charge >= 0.3 is 0 Å². The molecule has 6 heteroatoms. The number of nitrogens with zero attached hydrogens (tertiary/aromatic N) is 2. The number of halogens is 1. The van der Waals surface area contributed by atoms with E-state index < -0.39 is 0 Å². The monoisotopic (exact) mass is 363 g/mol. The number of fused-ring (bicyclic) bond motifs is 1. The summed E-state index contributed by atoms with van der Waals surface area (Å²) in [6.07, 6.45) is 1.67. The number of carbonyl (C=O) groups is 1. The van der Waals surface area contributed by atoms with Crippen LogP contribution in [0.15, 0.2) is 60.8 Å². The number of aryl methyl sites for hydroxylation is 1. The molecule has 0 unspecified atom stereocenters. The first-order valence-corrected chi connectivity index (χ1v) is 8.82. The molecule has 2 aromatic heterocycles. The quantitative estimate of drug-likeness (QED) is 0.554. The maximum atomic E-state index is 13.1. The number of aromatic nitrogens is 2. The lowest BCUT2D eigenvalue weighted by atomic mass is 10.1. The van der Waals surface area contributed by atoms with E-state index in [-0.39, 0.29) is 11.7 Å². The summed E-state index contributed by atoms with van der Waals surface area (Å²) < 4.78 is 13.1. The molecular formula is C20H14FN3OS. The van der Waals surface area contributed by atoms with Crippen molar-refractivity contribution in [2.24, 2.45) is 0 Å². The van der Waals surface area contributed by atoms with Gasteiger partial charge in [-0.25, -0.2) is 9.37 Å². The normalized spacial score (nSPS) is 10.8. The van der Waals surface area contributed by atoms with Crippen LogP contribution in [0.3, 0.4) is 0 Å². The van der Waals surface area contributed by atoms with Crippen LogP contribution in [0.5, 0.6) is 0 Å². The van der Waals surface area contributed by atoms with Crippen molar-refractivity contribution in [3.05, 3.63) is 77.1 Å². The van der Waals surface area contributed by atoms with E-state index in [9.17, 15) is 9.18 Å². The number of thiazole rings is 1. The molecule has 0 spiro atoms. The van der Waals surface area contributed by atoms with Gasteiger partial charge in [0.1, 0.15) is 5.82 Å². The lowest BCUT2D eigenvalue weighted by Crippen LogP contribution is -2.12. The molecule has 4 nitrogen and oxygen atoms in total. The Labute approximate surface area is 153 Å². The van der Waals surface area contributed by atoms with Crippen LogP contribution in [0, 0.1) is 12.7 Å². The molecule has 1 amide bonds. The maximum Gasteiger partial charge on any atom is 0.259 e. The highest BCUT2D eigenvalue weighted by Gasteiger charge is 2.15. The van der Waals surface area contributed by atoms with Crippen LogP contribution in [0.4, 0.5) is 9.52 Å². The van der Waals surface area contributed by atoms with Gasteiger partial charge < -0.3 is 0 Å². The molecule has 2 heterocycles. The van der Waals surface area contributed by atoms with E-state index in [2.05, 4.69) is 15.3 Å². The second-order valence-corrected chi connectivity index (χ2v) is 6.97. The number of pyridine rings is 1. The molecule has 0 aliphatic heterocycles. The topological polar surface area (TPSA) is 54.9 Å². The summed E-state index contributed by atoms with van der Waals surface area (Å²) in [5.74, 6) is -0.549. The summed E-state index contributed by atoms with van der Waals surface area (Å²) in [5, 5.41) is 4.25. The molecular weight excluding hydrogens is 349 g/mol. The largest absolute Gasteiger partial charge is 0.298 e. The smallest absolute Gasteiger partial charge is 0.259 e. The van der Waals surface area contributed by atoms with Gasteiger partial charge in [-0.3, -0.25) is 15.1 Å². The summed E-state index contributed by atoms with van der Waals surface area (Å²) in [5.41, 5.74) is 2.70. The second-order valence-electron chi connectivity index (χ2n) is 5.77. The van der Waals surface area contributed by atoms with E-state index in [0.717, 1.165) is 21.5 Å². The number of amides is 1. The first kappa shape index (κ1) is 16.4. The molecule has 0 saturated carbocycles. The fraction of sp³-hybridized carbons (Fsp3) is 0.0500. The third-order valence-electron chi connectivity index (χ3n) is 4.01. The van der Waals surface area contributed by atoms with E-state index in [4.69, 9.17) is 0 Å². The third kappa shape index (κ3) is 3.07. The average molecular weight is 363 g/mol. The van der Waals surface area contributed by atoms with Crippen molar-refractivity contribution in [2.75, 3.05) is 5.32 Å². The average Bonchev–Trinajstić information content (AvgIpc) is 3.02. The van der Waals surface area contributed by atoms with Gasteiger partial charge in [0, 0.05) is 22.0 Å². The second kappa shape index (κ2) is 6.65. The predicted octanol–water partition coefficient (Wildman–Crippen LogP) is 5.06. The molecule has 0 saturated heterocycles. The standard InChI is InChI=1S/C20H14FN3OS/c1-12-17(14-7-9-15(21)10-8-14)23-20(26-12)24-19(25)16-6-2-4-13-5-3-11-22-18(13)16/h2-11H,1H3,(H,23,24,25). The molecule has 4 rings (SSSR count). The number of hydrogen-bond donors (Lipinski definition) is 1. The van der Waals surface area contributed by atoms with Gasteiger partial charge in [0.25, 0.3) is 5.91 Å². The molecule has 0 bridgehead atoms. The minimum atomic E-state index is -0.293. The van der Waals surface area contributed by atoms with Crippen molar-refractivity contribution in [1.82, 2.24) is 9.97 Å². The number of rotatable bonds is 3. The number of hydrogen-bond acceptors (Lipinski definition) is 4. The zero-order chi connectivity index (χ0) is 18.1. The van der Waals surface area contributed by atoms with Gasteiger partial charge in [0.05, 0.1) is 16.8 Å². The van der Waals surface area contributed by atoms with Crippen LogP contribution in [0.2, 0.25) is 0 Å². The van der Waals surface area contributed by atoms with Crippen molar-refractivity contribution >= 4 is 33.3 Å². The number of anilines is 1. The Morgan fingerprint density at radius 2 is 1.85 bits per heavy atom. The lowest BCUT2D eigenvalue weighted by molar-refractivity contribution is 0.102. The Bertz CT molecular complexity index is 1100. The minimum absolute atomic E-state index is 0.256. The van der Waals surface area contributed by atoms with Crippen LogP contribution in [-0.2, 0) is 0 Å². The molecule has 128 valence electrons. The Kier molecular flexibility index (Phi) is 4.18. The van der Waals surface area contributed by atoms with Crippen LogP contribution in [-0.4, -0.2) is 15.9 Å². The van der Waals surface area contributed by atoms with Gasteiger partial charge in [0.15, 0.2) is 5.13 Å². The Balaban J connectivity index is 1.64. The number of nitrogens with one attached hydrogen (secondary N) is 1. The van der Waals surface area contributed by atoms with Crippen LogP contribution in [0.1, 0.15) is 15.2 Å². The highest BCUT2D eigenvalue weighted by atomic mass is 32.1. The zero-order valence-electron chi connectivity index (χ0n) is 13.9. The summed E-state index contributed by atoms with van der Waals surface area (Å²) in [7, 11) is 0. The molecule has 0 fully saturated rings. The minimum Gasteiger partial charge on any atom is -0.298 e. The molecule has 4 aromatic rings. The van der Waals surface area contributed by atoms with Gasteiger partial charge in [0.2, 0.25) is 0 Å². The molecule has 1 N–H and O–H groups in total. The fourth-order valence-corrected chi connectivity index (χ4v) is 3.61.